The molecule has 1 aromatic rings. The molecule has 0 spiro atoms. The summed E-state index contributed by atoms with van der Waals surface area (Å²) in [4.78, 5) is 21.7. The first-order valence-electron chi connectivity index (χ1n) is 4.94. The minimum Gasteiger partial charge on any atom is -0.480 e. The van der Waals surface area contributed by atoms with Crippen LogP contribution in [0.15, 0.2) is 6.20 Å². The maximum Gasteiger partial charge on any atom is 0.325 e. The Morgan fingerprint density at radius 2 is 2.35 bits per heavy atom. The number of aliphatic carboxylic acids is 1. The largest absolute Gasteiger partial charge is 0.480 e. The number of hydrogen-bond donors (Lipinski definition) is 2. The molecule has 0 bridgehead atoms. The lowest BCUT2D eigenvalue weighted by atomic mass is 10.3. The molecule has 0 aliphatic carbocycles. The summed E-state index contributed by atoms with van der Waals surface area (Å²) in [6, 6.07) is 0. The SMILES string of the molecule is COC(C)C(=O)NCc1cn(CC(=O)O)nn1. The lowest BCUT2D eigenvalue weighted by molar-refractivity contribution is -0.138. The Balaban J connectivity index is 2.44. The second-order valence-corrected chi connectivity index (χ2v) is 3.40. The van der Waals surface area contributed by atoms with Gasteiger partial charge in [0.05, 0.1) is 12.7 Å². The zero-order chi connectivity index (χ0) is 12.8. The van der Waals surface area contributed by atoms with Crippen LogP contribution in [-0.4, -0.2) is 45.2 Å². The number of methoxy groups -OCH3 is 1. The maximum atomic E-state index is 11.3. The third-order valence-electron chi connectivity index (χ3n) is 2.05. The van der Waals surface area contributed by atoms with Crippen molar-refractivity contribution in [2.75, 3.05) is 7.11 Å². The number of carboxylic acids is 1. The molecule has 1 unspecified atom stereocenters. The molecule has 0 radical (unpaired) electrons. The maximum absolute atomic E-state index is 11.3. The standard InChI is InChI=1S/C9H14N4O4/c1-6(17-2)9(16)10-3-7-4-13(12-11-7)5-8(14)15/h4,6H,3,5H2,1-2H3,(H,10,16)(H,14,15). The van der Waals surface area contributed by atoms with Crippen molar-refractivity contribution in [1.29, 1.82) is 0 Å². The van der Waals surface area contributed by atoms with Crippen molar-refractivity contribution < 1.29 is 19.4 Å². The first kappa shape index (κ1) is 13.1. The number of nitrogens with zero attached hydrogens (tertiary/aromatic N) is 3. The molecule has 1 atom stereocenters. The van der Waals surface area contributed by atoms with Crippen LogP contribution in [0.1, 0.15) is 12.6 Å². The topological polar surface area (TPSA) is 106 Å². The molecular weight excluding hydrogens is 228 g/mol. The minimum atomic E-state index is -1.00. The van der Waals surface area contributed by atoms with E-state index in [0.29, 0.717) is 5.69 Å². The van der Waals surface area contributed by atoms with Crippen molar-refractivity contribution in [1.82, 2.24) is 20.3 Å². The van der Waals surface area contributed by atoms with Gasteiger partial charge in [0.25, 0.3) is 0 Å². The van der Waals surface area contributed by atoms with Gasteiger partial charge >= 0.3 is 5.97 Å². The van der Waals surface area contributed by atoms with Crippen molar-refractivity contribution in [2.24, 2.45) is 0 Å². The van der Waals surface area contributed by atoms with Gasteiger partial charge in [-0.25, -0.2) is 4.68 Å². The van der Waals surface area contributed by atoms with Crippen LogP contribution in [0.2, 0.25) is 0 Å². The Morgan fingerprint density at radius 3 is 2.94 bits per heavy atom. The molecule has 0 saturated carbocycles. The monoisotopic (exact) mass is 242 g/mol. The number of carboxylic acid groups (broad SMARTS) is 1. The molecule has 1 aromatic heterocycles. The van der Waals surface area contributed by atoms with E-state index in [1.807, 2.05) is 0 Å². The van der Waals surface area contributed by atoms with Crippen molar-refractivity contribution in [3.63, 3.8) is 0 Å². The van der Waals surface area contributed by atoms with Gasteiger partial charge in [-0.15, -0.1) is 5.10 Å². The van der Waals surface area contributed by atoms with Crippen LogP contribution in [0.3, 0.4) is 0 Å². The van der Waals surface area contributed by atoms with Crippen LogP contribution in [-0.2, 0) is 27.4 Å². The van der Waals surface area contributed by atoms with Crippen LogP contribution in [0, 0.1) is 0 Å². The van der Waals surface area contributed by atoms with Crippen molar-refractivity contribution in [3.05, 3.63) is 11.9 Å². The van der Waals surface area contributed by atoms with E-state index in [4.69, 9.17) is 9.84 Å². The number of nitrogens with one attached hydrogen (secondary N) is 1. The van der Waals surface area contributed by atoms with Crippen molar-refractivity contribution >= 4 is 11.9 Å². The highest BCUT2D eigenvalue weighted by molar-refractivity contribution is 5.80. The highest BCUT2D eigenvalue weighted by atomic mass is 16.5. The lowest BCUT2D eigenvalue weighted by Gasteiger charge is -2.08. The lowest BCUT2D eigenvalue weighted by Crippen LogP contribution is -2.33. The molecule has 0 aliphatic heterocycles. The van der Waals surface area contributed by atoms with Crippen molar-refractivity contribution in [2.45, 2.75) is 26.1 Å². The van der Waals surface area contributed by atoms with Gasteiger partial charge in [-0.3, -0.25) is 9.59 Å². The number of ether oxygens (including phenoxy) is 1. The van der Waals surface area contributed by atoms with Gasteiger partial charge in [-0.2, -0.15) is 0 Å². The Bertz CT molecular complexity index is 403. The van der Waals surface area contributed by atoms with E-state index in [9.17, 15) is 9.59 Å². The Kier molecular flexibility index (Phi) is 4.58. The fraction of sp³-hybridized carbons (Fsp3) is 0.556. The molecule has 1 heterocycles. The van der Waals surface area contributed by atoms with Gasteiger partial charge in [0.1, 0.15) is 18.3 Å². The van der Waals surface area contributed by atoms with E-state index >= 15 is 0 Å². The van der Waals surface area contributed by atoms with E-state index in [2.05, 4.69) is 15.6 Å². The van der Waals surface area contributed by atoms with Gasteiger partial charge < -0.3 is 15.2 Å². The summed E-state index contributed by atoms with van der Waals surface area (Å²) in [6.07, 6.45) is 0.926. The Morgan fingerprint density at radius 1 is 1.65 bits per heavy atom. The summed E-state index contributed by atoms with van der Waals surface area (Å²) >= 11 is 0. The predicted octanol–water partition coefficient (Wildman–Crippen LogP) is -0.986. The third kappa shape index (κ3) is 4.19. The van der Waals surface area contributed by atoms with Gasteiger partial charge in [0.2, 0.25) is 5.91 Å². The second kappa shape index (κ2) is 5.94. The van der Waals surface area contributed by atoms with Crippen molar-refractivity contribution in [3.8, 4) is 0 Å². The van der Waals surface area contributed by atoms with Gasteiger partial charge in [-0.05, 0) is 6.92 Å². The molecule has 1 amide bonds. The second-order valence-electron chi connectivity index (χ2n) is 3.40. The zero-order valence-corrected chi connectivity index (χ0v) is 9.58. The molecule has 0 aliphatic rings. The first-order valence-corrected chi connectivity index (χ1v) is 4.94. The van der Waals surface area contributed by atoms with Crippen LogP contribution in [0.25, 0.3) is 0 Å². The fourth-order valence-corrected chi connectivity index (χ4v) is 1.06. The van der Waals surface area contributed by atoms with Gasteiger partial charge in [0.15, 0.2) is 0 Å². The zero-order valence-electron chi connectivity index (χ0n) is 9.58. The first-order chi connectivity index (χ1) is 8.02. The van der Waals surface area contributed by atoms with E-state index in [1.54, 1.807) is 6.92 Å². The van der Waals surface area contributed by atoms with E-state index in [0.717, 1.165) is 0 Å². The number of amides is 1. The molecule has 1 rings (SSSR count). The molecular formula is C9H14N4O4. The van der Waals surface area contributed by atoms with Crippen LogP contribution in [0.5, 0.6) is 0 Å². The van der Waals surface area contributed by atoms with Gasteiger partial charge in [0, 0.05) is 7.11 Å². The quantitative estimate of drug-likeness (QED) is 0.663. The molecule has 8 heteroatoms. The summed E-state index contributed by atoms with van der Waals surface area (Å²) in [5.41, 5.74) is 0.489. The molecule has 0 aromatic carbocycles. The number of hydrogen-bond acceptors (Lipinski definition) is 5. The number of aromatic nitrogens is 3. The summed E-state index contributed by atoms with van der Waals surface area (Å²) in [5.74, 6) is -1.27. The van der Waals surface area contributed by atoms with E-state index in [-0.39, 0.29) is 19.0 Å². The average Bonchev–Trinajstić information content (AvgIpc) is 2.71. The highest BCUT2D eigenvalue weighted by Gasteiger charge is 2.11. The number of carbonyl (C=O) groups excluding carboxylic acids is 1. The molecule has 0 fully saturated rings. The highest BCUT2D eigenvalue weighted by Crippen LogP contribution is 1.94. The number of carbonyl (C=O) groups is 2. The average molecular weight is 242 g/mol. The van der Waals surface area contributed by atoms with Crippen LogP contribution < -0.4 is 5.32 Å². The normalized spacial score (nSPS) is 12.1. The van der Waals surface area contributed by atoms with Gasteiger partial charge in [-0.1, -0.05) is 5.21 Å². The molecule has 0 saturated heterocycles. The summed E-state index contributed by atoms with van der Waals surface area (Å²) < 4.78 is 6.01. The predicted molar refractivity (Wildman–Crippen MR) is 56.0 cm³/mol. The summed E-state index contributed by atoms with van der Waals surface area (Å²) in [6.45, 7) is 1.55. The molecule has 8 nitrogen and oxygen atoms in total. The van der Waals surface area contributed by atoms with Crippen LogP contribution >= 0.6 is 0 Å². The van der Waals surface area contributed by atoms with Crippen LogP contribution in [0.4, 0.5) is 0 Å². The van der Waals surface area contributed by atoms with E-state index in [1.165, 1.54) is 18.0 Å². The third-order valence-corrected chi connectivity index (χ3v) is 2.05. The fourth-order valence-electron chi connectivity index (χ4n) is 1.06. The van der Waals surface area contributed by atoms with E-state index < -0.39 is 12.1 Å². The Labute approximate surface area is 97.6 Å². The number of rotatable bonds is 6. The minimum absolute atomic E-state index is 0.187. The molecule has 17 heavy (non-hydrogen) atoms. The molecule has 2 N–H and O–H groups in total. The summed E-state index contributed by atoms with van der Waals surface area (Å²) in [7, 11) is 1.44. The smallest absolute Gasteiger partial charge is 0.325 e. The summed E-state index contributed by atoms with van der Waals surface area (Å²) in [5, 5.41) is 18.4. The molecule has 94 valence electrons. The Hall–Kier alpha value is -1.96.